The molecule has 0 radical (unpaired) electrons. The molecule has 0 saturated carbocycles. The summed E-state index contributed by atoms with van der Waals surface area (Å²) in [5.74, 6) is -4.74. The number of rotatable bonds is 7. The van der Waals surface area contributed by atoms with Crippen molar-refractivity contribution in [2.45, 2.75) is 18.6 Å². The van der Waals surface area contributed by atoms with Crippen LogP contribution in [0.2, 0.25) is 0 Å². The van der Waals surface area contributed by atoms with Crippen LogP contribution in [0.25, 0.3) is 0 Å². The molecule has 4 atom stereocenters. The highest BCUT2D eigenvalue weighted by Crippen LogP contribution is 2.48. The van der Waals surface area contributed by atoms with E-state index in [4.69, 9.17) is 14.2 Å². The molecule has 7 heteroatoms. The normalized spacial score (nSPS) is 30.7. The van der Waals surface area contributed by atoms with Gasteiger partial charge in [-0.25, -0.2) is 4.79 Å². The van der Waals surface area contributed by atoms with Gasteiger partial charge in [0.05, 0.1) is 6.10 Å². The Bertz CT molecular complexity index is 591. The minimum atomic E-state index is -1.34. The molecule has 1 fully saturated rings. The van der Waals surface area contributed by atoms with Crippen molar-refractivity contribution in [1.29, 1.82) is 0 Å². The minimum absolute atomic E-state index is 0.0440. The molecule has 0 aliphatic carbocycles. The molecule has 0 spiro atoms. The molecule has 2 aliphatic heterocycles. The Balaban J connectivity index is 2.24. The van der Waals surface area contributed by atoms with E-state index in [1.54, 1.807) is 12.2 Å². The van der Waals surface area contributed by atoms with Gasteiger partial charge in [-0.15, -0.1) is 0 Å². The van der Waals surface area contributed by atoms with Gasteiger partial charge in [-0.05, 0) is 13.0 Å². The lowest BCUT2D eigenvalue weighted by atomic mass is 9.75. The lowest BCUT2D eigenvalue weighted by Gasteiger charge is -2.30. The third kappa shape index (κ3) is 3.05. The van der Waals surface area contributed by atoms with E-state index in [-0.39, 0.29) is 18.8 Å². The molecule has 2 aliphatic rings. The van der Waals surface area contributed by atoms with Gasteiger partial charge in [0.1, 0.15) is 30.7 Å². The van der Waals surface area contributed by atoms with Crippen LogP contribution in [0.3, 0.4) is 0 Å². The number of hydrogen-bond donors (Lipinski definition) is 1. The topological polar surface area (TPSA) is 99.1 Å². The zero-order valence-electron chi connectivity index (χ0n) is 12.7. The van der Waals surface area contributed by atoms with Gasteiger partial charge in [-0.1, -0.05) is 25.3 Å². The second-order valence-corrected chi connectivity index (χ2v) is 5.51. The van der Waals surface area contributed by atoms with Crippen molar-refractivity contribution in [2.75, 3.05) is 13.2 Å². The summed E-state index contributed by atoms with van der Waals surface area (Å²) in [7, 11) is 0. The fourth-order valence-electron chi connectivity index (χ4n) is 2.79. The fourth-order valence-corrected chi connectivity index (χ4v) is 2.79. The fraction of sp³-hybridized carbons (Fsp3) is 0.438. The Hall–Kier alpha value is -2.41. The minimum Gasteiger partial charge on any atom is -0.481 e. The van der Waals surface area contributed by atoms with Gasteiger partial charge < -0.3 is 19.3 Å². The quantitative estimate of drug-likeness (QED) is 0.421. The van der Waals surface area contributed by atoms with Crippen LogP contribution < -0.4 is 0 Å². The van der Waals surface area contributed by atoms with E-state index in [2.05, 4.69) is 13.2 Å². The Morgan fingerprint density at radius 2 is 2.09 bits per heavy atom. The Morgan fingerprint density at radius 1 is 1.39 bits per heavy atom. The smallest absolute Gasteiger partial charge is 0.333 e. The molecule has 124 valence electrons. The SMILES string of the molecule is C=CCOC(=O)C1C(C(=O)O)C2C=CC1(COC(=O)C(=C)C)O2. The highest BCUT2D eigenvalue weighted by Gasteiger charge is 2.63. The van der Waals surface area contributed by atoms with Crippen molar-refractivity contribution < 1.29 is 33.7 Å². The van der Waals surface area contributed by atoms with Gasteiger partial charge in [-0.3, -0.25) is 9.59 Å². The predicted molar refractivity (Wildman–Crippen MR) is 78.3 cm³/mol. The summed E-state index contributed by atoms with van der Waals surface area (Å²) in [4.78, 5) is 35.4. The Labute approximate surface area is 133 Å². The van der Waals surface area contributed by atoms with Crippen LogP contribution in [0.1, 0.15) is 6.92 Å². The average Bonchev–Trinajstić information content (AvgIpc) is 3.06. The molecule has 1 saturated heterocycles. The first-order chi connectivity index (χ1) is 10.8. The van der Waals surface area contributed by atoms with Crippen molar-refractivity contribution >= 4 is 17.9 Å². The van der Waals surface area contributed by atoms with Crippen molar-refractivity contribution in [3.8, 4) is 0 Å². The molecule has 2 rings (SSSR count). The number of aliphatic carboxylic acids is 1. The van der Waals surface area contributed by atoms with Gasteiger partial charge in [0.25, 0.3) is 0 Å². The number of carboxylic acids is 1. The third-order valence-electron chi connectivity index (χ3n) is 3.82. The maximum absolute atomic E-state index is 12.3. The summed E-state index contributed by atoms with van der Waals surface area (Å²) in [5.41, 5.74) is -1.14. The van der Waals surface area contributed by atoms with Crippen LogP contribution in [0.15, 0.2) is 37.0 Å². The summed E-state index contributed by atoms with van der Waals surface area (Å²) < 4.78 is 15.7. The maximum Gasteiger partial charge on any atom is 0.333 e. The highest BCUT2D eigenvalue weighted by atomic mass is 16.6. The summed E-state index contributed by atoms with van der Waals surface area (Å²) in [6, 6.07) is 0. The largest absolute Gasteiger partial charge is 0.481 e. The van der Waals surface area contributed by atoms with E-state index in [0.29, 0.717) is 0 Å². The maximum atomic E-state index is 12.3. The predicted octanol–water partition coefficient (Wildman–Crippen LogP) is 0.859. The van der Waals surface area contributed by atoms with Crippen LogP contribution in [-0.2, 0) is 28.6 Å². The zero-order valence-corrected chi connectivity index (χ0v) is 12.7. The molecule has 0 aromatic carbocycles. The molecule has 2 bridgehead atoms. The molecule has 23 heavy (non-hydrogen) atoms. The summed E-state index contributed by atoms with van der Waals surface area (Å²) in [5, 5.41) is 9.40. The lowest BCUT2D eigenvalue weighted by molar-refractivity contribution is -0.162. The Morgan fingerprint density at radius 3 is 2.65 bits per heavy atom. The number of fused-ring (bicyclic) bond motifs is 2. The van der Waals surface area contributed by atoms with Crippen LogP contribution >= 0.6 is 0 Å². The van der Waals surface area contributed by atoms with E-state index in [9.17, 15) is 19.5 Å². The molecular weight excluding hydrogens is 304 g/mol. The zero-order chi connectivity index (χ0) is 17.2. The van der Waals surface area contributed by atoms with Crippen molar-refractivity contribution in [2.24, 2.45) is 11.8 Å². The number of ether oxygens (including phenoxy) is 3. The summed E-state index contributed by atoms with van der Waals surface area (Å²) in [6.07, 6.45) is 3.73. The van der Waals surface area contributed by atoms with E-state index >= 15 is 0 Å². The second kappa shape index (κ2) is 6.37. The number of carbonyl (C=O) groups is 3. The van der Waals surface area contributed by atoms with Crippen LogP contribution in [0, 0.1) is 11.8 Å². The van der Waals surface area contributed by atoms with Crippen LogP contribution in [0.5, 0.6) is 0 Å². The van der Waals surface area contributed by atoms with Gasteiger partial charge >= 0.3 is 17.9 Å². The van der Waals surface area contributed by atoms with Crippen molar-refractivity contribution in [1.82, 2.24) is 0 Å². The molecule has 4 unspecified atom stereocenters. The van der Waals surface area contributed by atoms with E-state index in [1.165, 1.54) is 13.0 Å². The van der Waals surface area contributed by atoms with E-state index in [1.807, 2.05) is 0 Å². The number of carbonyl (C=O) groups excluding carboxylic acids is 2. The lowest BCUT2D eigenvalue weighted by Crippen LogP contribution is -2.47. The second-order valence-electron chi connectivity index (χ2n) is 5.51. The van der Waals surface area contributed by atoms with Crippen molar-refractivity contribution in [3.05, 3.63) is 37.0 Å². The van der Waals surface area contributed by atoms with Crippen LogP contribution in [0.4, 0.5) is 0 Å². The molecule has 0 aromatic heterocycles. The molecule has 2 heterocycles. The number of hydrogen-bond acceptors (Lipinski definition) is 6. The van der Waals surface area contributed by atoms with Gasteiger partial charge in [0.15, 0.2) is 0 Å². The summed E-state index contributed by atoms with van der Waals surface area (Å²) in [6.45, 7) is 8.06. The highest BCUT2D eigenvalue weighted by molar-refractivity contribution is 5.87. The number of esters is 2. The van der Waals surface area contributed by atoms with Gasteiger partial charge in [0, 0.05) is 5.57 Å². The molecule has 7 nitrogen and oxygen atoms in total. The molecule has 0 amide bonds. The third-order valence-corrected chi connectivity index (χ3v) is 3.82. The first-order valence-electron chi connectivity index (χ1n) is 7.02. The first-order valence-corrected chi connectivity index (χ1v) is 7.02. The van der Waals surface area contributed by atoms with Gasteiger partial charge in [-0.2, -0.15) is 0 Å². The average molecular weight is 322 g/mol. The van der Waals surface area contributed by atoms with E-state index < -0.39 is 41.4 Å². The van der Waals surface area contributed by atoms with Crippen molar-refractivity contribution in [3.63, 3.8) is 0 Å². The van der Waals surface area contributed by atoms with Gasteiger partial charge in [0.2, 0.25) is 0 Å². The molecule has 0 aromatic rings. The first kappa shape index (κ1) is 17.0. The van der Waals surface area contributed by atoms with E-state index in [0.717, 1.165) is 0 Å². The van der Waals surface area contributed by atoms with Crippen LogP contribution in [-0.4, -0.2) is 47.9 Å². The molecular formula is C16H18O7. The monoisotopic (exact) mass is 322 g/mol. The number of carboxylic acid groups (broad SMARTS) is 1. The standard InChI is InChI=1S/C16H18O7/c1-4-7-21-15(20)12-11(13(17)18)10-5-6-16(12,23-10)8-22-14(19)9(2)3/h4-6,10-12H,1-2,7-8H2,3H3,(H,17,18). The Kier molecular flexibility index (Phi) is 4.70. The summed E-state index contributed by atoms with van der Waals surface area (Å²) >= 11 is 0. The molecule has 1 N–H and O–H groups in total.